The molecule has 1 fully saturated rings. The zero-order valence-corrected chi connectivity index (χ0v) is 10.3. The molecule has 0 aliphatic carbocycles. The molecule has 1 aromatic rings. The topological polar surface area (TPSA) is 34.4 Å². The van der Waals surface area contributed by atoms with Crippen molar-refractivity contribution in [3.05, 3.63) is 22.6 Å². The summed E-state index contributed by atoms with van der Waals surface area (Å²) in [5.74, 6) is 0.967. The average Bonchev–Trinajstić information content (AvgIpc) is 2.84. The molecule has 0 saturated carbocycles. The first-order valence-electron chi connectivity index (χ1n) is 5.41. The Hall–Kier alpha value is -0.320. The summed E-state index contributed by atoms with van der Waals surface area (Å²) in [6.45, 7) is 2.72. The van der Waals surface area contributed by atoms with Gasteiger partial charge >= 0.3 is 0 Å². The van der Waals surface area contributed by atoms with Crippen molar-refractivity contribution in [2.24, 2.45) is 0 Å². The molecule has 1 N–H and O–H groups in total. The van der Waals surface area contributed by atoms with Crippen molar-refractivity contribution in [2.45, 2.75) is 31.9 Å². The minimum atomic E-state index is 0.473. The van der Waals surface area contributed by atoms with E-state index in [0.717, 1.165) is 36.5 Å². The number of furan rings is 1. The normalized spacial score (nSPS) is 21.0. The molecule has 1 atom stereocenters. The fraction of sp³-hybridized carbons (Fsp3) is 0.636. The Morgan fingerprint density at radius 3 is 3.07 bits per heavy atom. The molecular weight excluding hydrogens is 258 g/mol. The number of nitrogens with one attached hydrogen (secondary N) is 1. The highest BCUT2D eigenvalue weighted by Gasteiger charge is 2.14. The van der Waals surface area contributed by atoms with E-state index in [1.54, 1.807) is 0 Å². The highest BCUT2D eigenvalue weighted by Crippen LogP contribution is 2.15. The van der Waals surface area contributed by atoms with Gasteiger partial charge in [0.1, 0.15) is 5.76 Å². The van der Waals surface area contributed by atoms with Crippen molar-refractivity contribution in [2.75, 3.05) is 13.2 Å². The van der Waals surface area contributed by atoms with Crippen LogP contribution in [0.5, 0.6) is 0 Å². The van der Waals surface area contributed by atoms with E-state index in [-0.39, 0.29) is 0 Å². The molecule has 0 bridgehead atoms. The first-order valence-corrected chi connectivity index (χ1v) is 6.20. The van der Waals surface area contributed by atoms with Crippen molar-refractivity contribution in [1.29, 1.82) is 0 Å². The van der Waals surface area contributed by atoms with Crippen LogP contribution in [0, 0.1) is 0 Å². The van der Waals surface area contributed by atoms with Crippen LogP contribution in [-0.4, -0.2) is 19.3 Å². The molecule has 1 aromatic heterocycles. The molecule has 0 amide bonds. The van der Waals surface area contributed by atoms with Crippen LogP contribution in [0.3, 0.4) is 0 Å². The van der Waals surface area contributed by atoms with Crippen molar-refractivity contribution in [3.8, 4) is 0 Å². The Morgan fingerprint density at radius 2 is 2.40 bits per heavy atom. The maximum Gasteiger partial charge on any atom is 0.169 e. The van der Waals surface area contributed by atoms with E-state index >= 15 is 0 Å². The van der Waals surface area contributed by atoms with Crippen LogP contribution in [0.25, 0.3) is 0 Å². The third-order valence-electron chi connectivity index (χ3n) is 2.60. The largest absolute Gasteiger partial charge is 0.453 e. The number of hydrogen-bond donors (Lipinski definition) is 1. The lowest BCUT2D eigenvalue weighted by Gasteiger charge is -2.08. The molecule has 0 aromatic carbocycles. The number of rotatable bonds is 5. The maximum atomic E-state index is 5.54. The standard InChI is InChI=1S/C11H16BrNO2/c12-11-4-3-10(15-11)8-13-6-5-9-2-1-7-14-9/h3-4,9,13H,1-2,5-8H2. The highest BCUT2D eigenvalue weighted by atomic mass is 79.9. The summed E-state index contributed by atoms with van der Waals surface area (Å²) in [6, 6.07) is 3.89. The molecule has 1 aliphatic rings. The molecule has 0 radical (unpaired) electrons. The zero-order chi connectivity index (χ0) is 10.5. The molecule has 1 saturated heterocycles. The second-order valence-electron chi connectivity index (χ2n) is 3.81. The molecule has 2 rings (SSSR count). The van der Waals surface area contributed by atoms with Crippen LogP contribution < -0.4 is 5.32 Å². The van der Waals surface area contributed by atoms with E-state index in [4.69, 9.17) is 9.15 Å². The summed E-state index contributed by atoms with van der Waals surface area (Å²) in [7, 11) is 0. The fourth-order valence-electron chi connectivity index (χ4n) is 1.79. The number of hydrogen-bond acceptors (Lipinski definition) is 3. The average molecular weight is 274 g/mol. The van der Waals surface area contributed by atoms with Gasteiger partial charge in [-0.3, -0.25) is 0 Å². The van der Waals surface area contributed by atoms with Crippen molar-refractivity contribution >= 4 is 15.9 Å². The van der Waals surface area contributed by atoms with Crippen molar-refractivity contribution < 1.29 is 9.15 Å². The van der Waals surface area contributed by atoms with Gasteiger partial charge in [-0.2, -0.15) is 0 Å². The second kappa shape index (κ2) is 5.68. The second-order valence-corrected chi connectivity index (χ2v) is 4.59. The van der Waals surface area contributed by atoms with Crippen LogP contribution in [0.15, 0.2) is 21.2 Å². The van der Waals surface area contributed by atoms with E-state index < -0.39 is 0 Å². The Bertz CT molecular complexity index is 295. The van der Waals surface area contributed by atoms with Gasteiger partial charge in [-0.15, -0.1) is 0 Å². The lowest BCUT2D eigenvalue weighted by Crippen LogP contribution is -2.19. The molecule has 15 heavy (non-hydrogen) atoms. The summed E-state index contributed by atoms with van der Waals surface area (Å²) in [5.41, 5.74) is 0. The van der Waals surface area contributed by atoms with Gasteiger partial charge in [0.2, 0.25) is 0 Å². The van der Waals surface area contributed by atoms with Crippen LogP contribution in [-0.2, 0) is 11.3 Å². The monoisotopic (exact) mass is 273 g/mol. The van der Waals surface area contributed by atoms with Gasteiger partial charge in [0.15, 0.2) is 4.67 Å². The zero-order valence-electron chi connectivity index (χ0n) is 8.67. The van der Waals surface area contributed by atoms with Gasteiger partial charge in [0, 0.05) is 6.61 Å². The molecule has 84 valence electrons. The van der Waals surface area contributed by atoms with E-state index in [0.29, 0.717) is 6.10 Å². The quantitative estimate of drug-likeness (QED) is 0.838. The van der Waals surface area contributed by atoms with Gasteiger partial charge in [-0.1, -0.05) is 0 Å². The number of ether oxygens (including phenoxy) is 1. The highest BCUT2D eigenvalue weighted by molar-refractivity contribution is 9.10. The molecular formula is C11H16BrNO2. The van der Waals surface area contributed by atoms with E-state index in [1.165, 1.54) is 12.8 Å². The maximum absolute atomic E-state index is 5.54. The summed E-state index contributed by atoms with van der Waals surface area (Å²) in [4.78, 5) is 0. The summed E-state index contributed by atoms with van der Waals surface area (Å²) >= 11 is 3.28. The first-order chi connectivity index (χ1) is 7.34. The fourth-order valence-corrected chi connectivity index (χ4v) is 2.13. The molecule has 0 spiro atoms. The van der Waals surface area contributed by atoms with Gasteiger partial charge in [0.05, 0.1) is 12.6 Å². The minimum absolute atomic E-state index is 0.473. The minimum Gasteiger partial charge on any atom is -0.453 e. The van der Waals surface area contributed by atoms with Crippen LogP contribution >= 0.6 is 15.9 Å². The van der Waals surface area contributed by atoms with Crippen molar-refractivity contribution in [1.82, 2.24) is 5.32 Å². The van der Waals surface area contributed by atoms with Crippen LogP contribution in [0.2, 0.25) is 0 Å². The third-order valence-corrected chi connectivity index (χ3v) is 3.02. The van der Waals surface area contributed by atoms with E-state index in [9.17, 15) is 0 Å². The van der Waals surface area contributed by atoms with E-state index in [1.807, 2.05) is 12.1 Å². The smallest absolute Gasteiger partial charge is 0.169 e. The molecule has 2 heterocycles. The summed E-state index contributed by atoms with van der Waals surface area (Å²) in [6.07, 6.45) is 4.01. The lowest BCUT2D eigenvalue weighted by molar-refractivity contribution is 0.104. The van der Waals surface area contributed by atoms with Crippen LogP contribution in [0.1, 0.15) is 25.0 Å². The van der Waals surface area contributed by atoms with Gasteiger partial charge in [-0.05, 0) is 53.9 Å². The Kier molecular flexibility index (Phi) is 4.23. The predicted octanol–water partition coefficient (Wildman–Crippen LogP) is 2.70. The summed E-state index contributed by atoms with van der Waals surface area (Å²) < 4.78 is 11.7. The lowest BCUT2D eigenvalue weighted by atomic mass is 10.2. The first kappa shape index (κ1) is 11.2. The molecule has 1 aliphatic heterocycles. The van der Waals surface area contributed by atoms with E-state index in [2.05, 4.69) is 21.2 Å². The number of halogens is 1. The van der Waals surface area contributed by atoms with Gasteiger partial charge in [-0.25, -0.2) is 0 Å². The van der Waals surface area contributed by atoms with Crippen LogP contribution in [0.4, 0.5) is 0 Å². The SMILES string of the molecule is Brc1ccc(CNCCC2CCCO2)o1. The van der Waals surface area contributed by atoms with Gasteiger partial charge in [0.25, 0.3) is 0 Å². The molecule has 1 unspecified atom stereocenters. The van der Waals surface area contributed by atoms with Crippen molar-refractivity contribution in [3.63, 3.8) is 0 Å². The summed E-state index contributed by atoms with van der Waals surface area (Å²) in [5, 5.41) is 3.35. The third kappa shape index (κ3) is 3.63. The Balaban J connectivity index is 1.58. The van der Waals surface area contributed by atoms with Gasteiger partial charge < -0.3 is 14.5 Å². The molecule has 3 nitrogen and oxygen atoms in total. The predicted molar refractivity (Wildman–Crippen MR) is 61.7 cm³/mol. The molecule has 4 heteroatoms. The Labute approximate surface area is 98.3 Å². The Morgan fingerprint density at radius 1 is 1.47 bits per heavy atom.